The predicted molar refractivity (Wildman–Crippen MR) is 69.8 cm³/mol. The van der Waals surface area contributed by atoms with Crippen LogP contribution in [-0.4, -0.2) is 36.0 Å². The van der Waals surface area contributed by atoms with Crippen LogP contribution in [0, 0.1) is 0 Å². The summed E-state index contributed by atoms with van der Waals surface area (Å²) in [5.74, 6) is 0.705. The lowest BCUT2D eigenvalue weighted by molar-refractivity contribution is 0.0741. The zero-order chi connectivity index (χ0) is 12.8. The van der Waals surface area contributed by atoms with Crippen molar-refractivity contribution < 1.29 is 9.53 Å². The molecule has 0 aliphatic carbocycles. The van der Waals surface area contributed by atoms with Crippen LogP contribution < -0.4 is 4.74 Å². The molecular formula is C14H20N2O2. The fourth-order valence-electron chi connectivity index (χ4n) is 2.28. The van der Waals surface area contributed by atoms with Crippen LogP contribution in [-0.2, 0) is 0 Å². The van der Waals surface area contributed by atoms with Gasteiger partial charge in [-0.3, -0.25) is 9.78 Å². The van der Waals surface area contributed by atoms with Gasteiger partial charge in [-0.25, -0.2) is 0 Å². The number of hydrogen-bond donors (Lipinski definition) is 0. The van der Waals surface area contributed by atoms with Crippen molar-refractivity contribution in [1.29, 1.82) is 0 Å². The summed E-state index contributed by atoms with van der Waals surface area (Å²) in [6.45, 7) is 1.71. The molecule has 1 aromatic heterocycles. The van der Waals surface area contributed by atoms with E-state index in [0.29, 0.717) is 11.3 Å². The molecule has 0 saturated carbocycles. The standard InChI is InChI=1S/C14H20N2O2/c1-18-13-9-12(10-15-11-13)14(17)16-7-5-3-2-4-6-8-16/h9-11H,2-8H2,1H3. The number of pyridine rings is 1. The highest BCUT2D eigenvalue weighted by Crippen LogP contribution is 2.16. The molecule has 0 atom stereocenters. The highest BCUT2D eigenvalue weighted by atomic mass is 16.5. The number of methoxy groups -OCH3 is 1. The first-order valence-corrected chi connectivity index (χ1v) is 6.59. The lowest BCUT2D eigenvalue weighted by atomic mass is 10.1. The van der Waals surface area contributed by atoms with Crippen molar-refractivity contribution in [3.05, 3.63) is 24.0 Å². The minimum atomic E-state index is 0.0725. The van der Waals surface area contributed by atoms with E-state index in [2.05, 4.69) is 4.98 Å². The highest BCUT2D eigenvalue weighted by molar-refractivity contribution is 5.94. The smallest absolute Gasteiger partial charge is 0.255 e. The van der Waals surface area contributed by atoms with E-state index in [1.54, 1.807) is 25.6 Å². The lowest BCUT2D eigenvalue weighted by Gasteiger charge is -2.24. The minimum absolute atomic E-state index is 0.0725. The molecule has 0 spiro atoms. The molecule has 0 aromatic carbocycles. The highest BCUT2D eigenvalue weighted by Gasteiger charge is 2.17. The van der Waals surface area contributed by atoms with Crippen LogP contribution in [0.25, 0.3) is 0 Å². The molecule has 1 fully saturated rings. The maximum absolute atomic E-state index is 12.4. The molecule has 2 rings (SSSR count). The predicted octanol–water partition coefficient (Wildman–Crippen LogP) is 2.50. The van der Waals surface area contributed by atoms with Crippen LogP contribution in [0.4, 0.5) is 0 Å². The van der Waals surface area contributed by atoms with Gasteiger partial charge in [-0.1, -0.05) is 19.3 Å². The van der Waals surface area contributed by atoms with Gasteiger partial charge < -0.3 is 9.64 Å². The van der Waals surface area contributed by atoms with Gasteiger partial charge in [0.05, 0.1) is 18.9 Å². The Morgan fingerprint density at radius 3 is 2.50 bits per heavy atom. The first-order chi connectivity index (χ1) is 8.81. The number of ether oxygens (including phenoxy) is 1. The van der Waals surface area contributed by atoms with Gasteiger partial charge in [-0.2, -0.15) is 0 Å². The third-order valence-corrected chi connectivity index (χ3v) is 3.34. The maximum Gasteiger partial charge on any atom is 0.255 e. The molecule has 1 aromatic rings. The molecule has 0 N–H and O–H groups in total. The molecule has 98 valence electrons. The second-order valence-electron chi connectivity index (χ2n) is 4.67. The van der Waals surface area contributed by atoms with Crippen molar-refractivity contribution in [3.8, 4) is 5.75 Å². The molecule has 0 radical (unpaired) electrons. The quantitative estimate of drug-likeness (QED) is 0.807. The van der Waals surface area contributed by atoms with E-state index >= 15 is 0 Å². The van der Waals surface area contributed by atoms with E-state index in [0.717, 1.165) is 25.9 Å². The van der Waals surface area contributed by atoms with Gasteiger partial charge in [0.25, 0.3) is 5.91 Å². The fourth-order valence-corrected chi connectivity index (χ4v) is 2.28. The van der Waals surface area contributed by atoms with E-state index in [1.807, 2.05) is 4.90 Å². The minimum Gasteiger partial charge on any atom is -0.495 e. The average Bonchev–Trinajstić information content (AvgIpc) is 2.38. The molecule has 2 heterocycles. The SMILES string of the molecule is COc1cncc(C(=O)N2CCCCCCC2)c1. The van der Waals surface area contributed by atoms with Crippen molar-refractivity contribution in [2.75, 3.05) is 20.2 Å². The first-order valence-electron chi connectivity index (χ1n) is 6.59. The fraction of sp³-hybridized carbons (Fsp3) is 0.571. The second-order valence-corrected chi connectivity index (χ2v) is 4.67. The van der Waals surface area contributed by atoms with Gasteiger partial charge in [-0.15, -0.1) is 0 Å². The summed E-state index contributed by atoms with van der Waals surface area (Å²) in [6, 6.07) is 1.76. The maximum atomic E-state index is 12.4. The summed E-state index contributed by atoms with van der Waals surface area (Å²) >= 11 is 0. The summed E-state index contributed by atoms with van der Waals surface area (Å²) < 4.78 is 5.10. The molecular weight excluding hydrogens is 228 g/mol. The summed E-state index contributed by atoms with van der Waals surface area (Å²) in [4.78, 5) is 18.3. The van der Waals surface area contributed by atoms with Gasteiger partial charge in [0.15, 0.2) is 0 Å². The number of carbonyl (C=O) groups excluding carboxylic acids is 1. The Labute approximate surface area is 108 Å². The van der Waals surface area contributed by atoms with E-state index in [9.17, 15) is 4.79 Å². The van der Waals surface area contributed by atoms with Crippen LogP contribution in [0.5, 0.6) is 5.75 Å². The topological polar surface area (TPSA) is 42.4 Å². The zero-order valence-corrected chi connectivity index (χ0v) is 10.9. The first kappa shape index (κ1) is 12.9. The normalized spacial score (nSPS) is 16.8. The van der Waals surface area contributed by atoms with Gasteiger partial charge >= 0.3 is 0 Å². The number of hydrogen-bond acceptors (Lipinski definition) is 3. The van der Waals surface area contributed by atoms with E-state index < -0.39 is 0 Å². The molecule has 4 heteroatoms. The molecule has 0 bridgehead atoms. The van der Waals surface area contributed by atoms with Crippen molar-refractivity contribution >= 4 is 5.91 Å². The summed E-state index contributed by atoms with van der Waals surface area (Å²) in [6.07, 6.45) is 9.17. The molecule has 4 nitrogen and oxygen atoms in total. The van der Waals surface area contributed by atoms with E-state index in [-0.39, 0.29) is 5.91 Å². The third-order valence-electron chi connectivity index (χ3n) is 3.34. The number of amides is 1. The van der Waals surface area contributed by atoms with Crippen molar-refractivity contribution in [3.63, 3.8) is 0 Å². The number of rotatable bonds is 2. The van der Waals surface area contributed by atoms with E-state index in [4.69, 9.17) is 4.74 Å². The number of carbonyl (C=O) groups is 1. The number of aromatic nitrogens is 1. The molecule has 1 aliphatic heterocycles. The lowest BCUT2D eigenvalue weighted by Crippen LogP contribution is -2.33. The molecule has 1 amide bonds. The summed E-state index contributed by atoms with van der Waals surface area (Å²) in [7, 11) is 1.58. The van der Waals surface area contributed by atoms with Crippen molar-refractivity contribution in [2.45, 2.75) is 32.1 Å². The molecule has 1 aliphatic rings. The van der Waals surface area contributed by atoms with Crippen LogP contribution in [0.1, 0.15) is 42.5 Å². The Morgan fingerprint density at radius 2 is 1.83 bits per heavy atom. The van der Waals surface area contributed by atoms with Crippen molar-refractivity contribution in [1.82, 2.24) is 9.88 Å². The van der Waals surface area contributed by atoms with Crippen LogP contribution >= 0.6 is 0 Å². The summed E-state index contributed by atoms with van der Waals surface area (Å²) in [5, 5.41) is 0. The Bertz CT molecular complexity index is 399. The molecule has 18 heavy (non-hydrogen) atoms. The zero-order valence-electron chi connectivity index (χ0n) is 10.9. The molecule has 0 unspecified atom stereocenters. The van der Waals surface area contributed by atoms with Crippen LogP contribution in [0.3, 0.4) is 0 Å². The van der Waals surface area contributed by atoms with Gasteiger partial charge in [0.2, 0.25) is 0 Å². The average molecular weight is 248 g/mol. The monoisotopic (exact) mass is 248 g/mol. The van der Waals surface area contributed by atoms with Crippen molar-refractivity contribution in [2.24, 2.45) is 0 Å². The third kappa shape index (κ3) is 3.22. The van der Waals surface area contributed by atoms with Crippen LogP contribution in [0.2, 0.25) is 0 Å². The van der Waals surface area contributed by atoms with Gasteiger partial charge in [0, 0.05) is 19.3 Å². The Balaban J connectivity index is 2.08. The second kappa shape index (κ2) is 6.38. The van der Waals surface area contributed by atoms with Crippen LogP contribution in [0.15, 0.2) is 18.5 Å². The van der Waals surface area contributed by atoms with E-state index in [1.165, 1.54) is 19.3 Å². The molecule has 1 saturated heterocycles. The number of nitrogens with zero attached hydrogens (tertiary/aromatic N) is 2. The Morgan fingerprint density at radius 1 is 1.17 bits per heavy atom. The largest absolute Gasteiger partial charge is 0.495 e. The van der Waals surface area contributed by atoms with Gasteiger partial charge in [0.1, 0.15) is 5.75 Å². The number of likely N-dealkylation sites (tertiary alicyclic amines) is 1. The van der Waals surface area contributed by atoms with Gasteiger partial charge in [-0.05, 0) is 18.9 Å². The summed E-state index contributed by atoms with van der Waals surface area (Å²) in [5.41, 5.74) is 0.620. The Kier molecular flexibility index (Phi) is 4.56. The Hall–Kier alpha value is -1.58.